The fraction of sp³-hybridized carbons (Fsp3) is 0.111. The van der Waals surface area contributed by atoms with Crippen LogP contribution in [0.2, 0.25) is 0 Å². The first-order valence-corrected chi connectivity index (χ1v) is 5.13. The molecule has 0 spiro atoms. The molecule has 0 radical (unpaired) electrons. The average molecular weight is 319 g/mol. The summed E-state index contributed by atoms with van der Waals surface area (Å²) >= 11 is 6.07. The van der Waals surface area contributed by atoms with E-state index in [1.54, 1.807) is 6.07 Å². The van der Waals surface area contributed by atoms with Crippen molar-refractivity contribution in [2.24, 2.45) is 0 Å². The molecule has 0 unspecified atom stereocenters. The van der Waals surface area contributed by atoms with Crippen LogP contribution in [-0.2, 0) is 4.74 Å². The summed E-state index contributed by atoms with van der Waals surface area (Å²) in [6, 6.07) is 5.13. The minimum atomic E-state index is -0.422. The zero-order valence-electron chi connectivity index (χ0n) is 7.24. The third-order valence-electron chi connectivity index (χ3n) is 1.61. The van der Waals surface area contributed by atoms with E-state index >= 15 is 0 Å². The van der Waals surface area contributed by atoms with E-state index in [9.17, 15) is 4.79 Å². The molecule has 1 aromatic rings. The Hall–Kier alpha value is -0.740. The highest BCUT2D eigenvalue weighted by molar-refractivity contribution is 14.1. The average Bonchev–Trinajstić information content (AvgIpc) is 2.19. The molecule has 0 amide bonds. The van der Waals surface area contributed by atoms with E-state index in [1.165, 1.54) is 13.2 Å². The molecule has 0 aliphatic heterocycles. The van der Waals surface area contributed by atoms with Gasteiger partial charge in [-0.15, -0.1) is 12.6 Å². The topological polar surface area (TPSA) is 50.1 Å². The summed E-state index contributed by atoms with van der Waals surface area (Å²) in [6.07, 6.45) is 0. The number of esters is 1. The number of carbonyl (C=O) groups is 1. The SMILES string of the molecule is COC(=O)c1cc(S)c(C#N)cc1I. The molecular weight excluding hydrogens is 313 g/mol. The van der Waals surface area contributed by atoms with Gasteiger partial charge < -0.3 is 4.74 Å². The van der Waals surface area contributed by atoms with Crippen molar-refractivity contribution in [1.29, 1.82) is 5.26 Å². The van der Waals surface area contributed by atoms with Gasteiger partial charge in [-0.2, -0.15) is 5.26 Å². The van der Waals surface area contributed by atoms with Crippen LogP contribution in [-0.4, -0.2) is 13.1 Å². The zero-order valence-corrected chi connectivity index (χ0v) is 10.3. The summed E-state index contributed by atoms with van der Waals surface area (Å²) in [4.78, 5) is 11.7. The molecule has 1 aromatic carbocycles. The molecule has 5 heteroatoms. The summed E-state index contributed by atoms with van der Waals surface area (Å²) in [5.41, 5.74) is 0.877. The van der Waals surface area contributed by atoms with Crippen LogP contribution >= 0.6 is 35.2 Å². The Kier molecular flexibility index (Phi) is 3.77. The fourth-order valence-corrected chi connectivity index (χ4v) is 1.85. The van der Waals surface area contributed by atoms with Gasteiger partial charge in [-0.05, 0) is 34.7 Å². The highest BCUT2D eigenvalue weighted by atomic mass is 127. The molecule has 14 heavy (non-hydrogen) atoms. The number of benzene rings is 1. The Morgan fingerprint density at radius 2 is 2.29 bits per heavy atom. The second-order valence-corrected chi connectivity index (χ2v) is 4.10. The van der Waals surface area contributed by atoms with Gasteiger partial charge in [-0.25, -0.2) is 4.79 Å². The summed E-state index contributed by atoms with van der Waals surface area (Å²) < 4.78 is 5.27. The van der Waals surface area contributed by atoms with E-state index in [0.29, 0.717) is 19.6 Å². The Morgan fingerprint density at radius 3 is 2.79 bits per heavy atom. The van der Waals surface area contributed by atoms with E-state index in [1.807, 2.05) is 28.7 Å². The van der Waals surface area contributed by atoms with Gasteiger partial charge in [0.2, 0.25) is 0 Å². The lowest BCUT2D eigenvalue weighted by atomic mass is 10.1. The van der Waals surface area contributed by atoms with Crippen molar-refractivity contribution in [2.75, 3.05) is 7.11 Å². The summed E-state index contributed by atoms with van der Waals surface area (Å²) in [6.45, 7) is 0. The molecule has 72 valence electrons. The van der Waals surface area contributed by atoms with Crippen LogP contribution in [0.4, 0.5) is 0 Å². The van der Waals surface area contributed by atoms with Gasteiger partial charge in [0.25, 0.3) is 0 Å². The van der Waals surface area contributed by atoms with E-state index in [0.717, 1.165) is 0 Å². The minimum Gasteiger partial charge on any atom is -0.465 e. The minimum absolute atomic E-state index is 0.422. The van der Waals surface area contributed by atoms with Crippen LogP contribution in [0.3, 0.4) is 0 Å². The quantitative estimate of drug-likeness (QED) is 0.491. The standard InChI is InChI=1S/C9H6INO2S/c1-13-9(12)6-3-8(14)5(4-11)2-7(6)10/h2-3,14H,1H3. The zero-order chi connectivity index (χ0) is 10.7. The molecule has 1 rings (SSSR count). The Balaban J connectivity index is 3.30. The van der Waals surface area contributed by atoms with E-state index in [2.05, 4.69) is 17.4 Å². The molecule has 0 aromatic heterocycles. The number of nitrogens with zero attached hydrogens (tertiary/aromatic N) is 1. The molecule has 0 bridgehead atoms. The number of carbonyl (C=O) groups excluding carboxylic acids is 1. The monoisotopic (exact) mass is 319 g/mol. The predicted molar refractivity (Wildman–Crippen MR) is 62.5 cm³/mol. The fourth-order valence-electron chi connectivity index (χ4n) is 0.918. The number of rotatable bonds is 1. The first-order valence-electron chi connectivity index (χ1n) is 3.61. The Morgan fingerprint density at radius 1 is 1.64 bits per heavy atom. The van der Waals surface area contributed by atoms with Gasteiger partial charge in [-0.3, -0.25) is 0 Å². The van der Waals surface area contributed by atoms with Gasteiger partial charge in [0, 0.05) is 8.47 Å². The van der Waals surface area contributed by atoms with E-state index in [4.69, 9.17) is 5.26 Å². The number of methoxy groups -OCH3 is 1. The first-order chi connectivity index (χ1) is 6.60. The number of thiol groups is 1. The van der Waals surface area contributed by atoms with Crippen LogP contribution < -0.4 is 0 Å². The second-order valence-electron chi connectivity index (χ2n) is 2.45. The van der Waals surface area contributed by atoms with Crippen LogP contribution in [0.15, 0.2) is 17.0 Å². The van der Waals surface area contributed by atoms with Crippen molar-refractivity contribution in [3.05, 3.63) is 26.8 Å². The number of nitriles is 1. The number of ether oxygens (including phenoxy) is 1. The van der Waals surface area contributed by atoms with Crippen molar-refractivity contribution in [2.45, 2.75) is 4.90 Å². The molecule has 0 fully saturated rings. The Labute approximate surface area is 101 Å². The van der Waals surface area contributed by atoms with Gasteiger partial charge >= 0.3 is 5.97 Å². The normalized spacial score (nSPS) is 9.29. The molecule has 0 saturated heterocycles. The maximum absolute atomic E-state index is 11.2. The van der Waals surface area contributed by atoms with Crippen LogP contribution in [0.5, 0.6) is 0 Å². The lowest BCUT2D eigenvalue weighted by molar-refractivity contribution is 0.0599. The van der Waals surface area contributed by atoms with E-state index < -0.39 is 5.97 Å². The number of hydrogen-bond donors (Lipinski definition) is 1. The summed E-state index contributed by atoms with van der Waals surface area (Å²) in [7, 11) is 1.31. The van der Waals surface area contributed by atoms with Crippen molar-refractivity contribution in [3.8, 4) is 6.07 Å². The molecular formula is C9H6INO2S. The van der Waals surface area contributed by atoms with Crippen molar-refractivity contribution in [3.63, 3.8) is 0 Å². The molecule has 0 atom stereocenters. The van der Waals surface area contributed by atoms with Gasteiger partial charge in [0.15, 0.2) is 0 Å². The number of hydrogen-bond acceptors (Lipinski definition) is 4. The second kappa shape index (κ2) is 4.66. The molecule has 0 saturated carbocycles. The first kappa shape index (κ1) is 11.3. The van der Waals surface area contributed by atoms with Crippen LogP contribution in [0, 0.1) is 14.9 Å². The van der Waals surface area contributed by atoms with Crippen molar-refractivity contribution >= 4 is 41.2 Å². The maximum atomic E-state index is 11.2. The predicted octanol–water partition coefficient (Wildman–Crippen LogP) is 2.24. The van der Waals surface area contributed by atoms with Crippen molar-refractivity contribution in [1.82, 2.24) is 0 Å². The maximum Gasteiger partial charge on any atom is 0.338 e. The third kappa shape index (κ3) is 2.19. The van der Waals surface area contributed by atoms with Crippen molar-refractivity contribution < 1.29 is 9.53 Å². The molecule has 0 heterocycles. The number of halogens is 1. The largest absolute Gasteiger partial charge is 0.465 e. The van der Waals surface area contributed by atoms with Crippen LogP contribution in [0.1, 0.15) is 15.9 Å². The highest BCUT2D eigenvalue weighted by Gasteiger charge is 2.12. The van der Waals surface area contributed by atoms with Gasteiger partial charge in [0.05, 0.1) is 18.2 Å². The van der Waals surface area contributed by atoms with Crippen LogP contribution in [0.25, 0.3) is 0 Å². The summed E-state index contributed by atoms with van der Waals surface area (Å²) in [5, 5.41) is 8.71. The molecule has 0 aliphatic carbocycles. The lowest BCUT2D eigenvalue weighted by Gasteiger charge is -2.04. The van der Waals surface area contributed by atoms with E-state index in [-0.39, 0.29) is 0 Å². The Bertz CT molecular complexity index is 426. The lowest BCUT2D eigenvalue weighted by Crippen LogP contribution is -2.04. The molecule has 0 aliphatic rings. The molecule has 0 N–H and O–H groups in total. The molecule has 3 nitrogen and oxygen atoms in total. The highest BCUT2D eigenvalue weighted by Crippen LogP contribution is 2.21. The third-order valence-corrected chi connectivity index (χ3v) is 2.87. The van der Waals surface area contributed by atoms with Gasteiger partial charge in [-0.1, -0.05) is 0 Å². The summed E-state index contributed by atoms with van der Waals surface area (Å²) in [5.74, 6) is -0.422. The van der Waals surface area contributed by atoms with Gasteiger partial charge in [0.1, 0.15) is 6.07 Å². The smallest absolute Gasteiger partial charge is 0.338 e.